The molecule has 1 fully saturated rings. The third kappa shape index (κ3) is 3.37. The van der Waals surface area contributed by atoms with Crippen molar-refractivity contribution < 1.29 is 19.1 Å². The molecule has 0 bridgehead atoms. The molecule has 2 aliphatic rings. The summed E-state index contributed by atoms with van der Waals surface area (Å²) in [6.45, 7) is -0.643. The average Bonchev–Trinajstić information content (AvgIpc) is 2.92. The Kier molecular flexibility index (Phi) is 4.84. The summed E-state index contributed by atoms with van der Waals surface area (Å²) in [5, 5.41) is 0. The van der Waals surface area contributed by atoms with E-state index in [4.69, 9.17) is 4.74 Å². The van der Waals surface area contributed by atoms with Crippen molar-refractivity contribution in [1.82, 2.24) is 14.3 Å². The van der Waals surface area contributed by atoms with E-state index in [2.05, 4.69) is 20.9 Å². The number of hydrogen-bond donors (Lipinski definition) is 0. The predicted octanol–water partition coefficient (Wildman–Crippen LogP) is 1.45. The summed E-state index contributed by atoms with van der Waals surface area (Å²) >= 11 is 3.29. The van der Waals surface area contributed by atoms with Gasteiger partial charge in [0.1, 0.15) is 18.8 Å². The van der Waals surface area contributed by atoms with Crippen LogP contribution in [0, 0.1) is 11.8 Å². The number of nitrogens with zero attached hydrogens (tertiary/aromatic N) is 3. The Morgan fingerprint density at radius 2 is 1.82 bits per heavy atom. The molecule has 1 aliphatic carbocycles. The van der Waals surface area contributed by atoms with E-state index in [0.717, 1.165) is 9.37 Å². The van der Waals surface area contributed by atoms with Crippen LogP contribution in [0.15, 0.2) is 45.8 Å². The standard InChI is InChI=1S/C19H16BrN3O5/c20-11-5-6-15-21-12(7-16(24)22(15)8-11)10-28-17(25)9-23-18(26)13-3-1-2-4-14(13)19(23)27/h1-2,5-8,13-14H,3-4,9-10H2/t13-,14-/m1/s1. The van der Waals surface area contributed by atoms with Crippen LogP contribution in [0.5, 0.6) is 0 Å². The Hall–Kier alpha value is -2.81. The molecule has 0 saturated carbocycles. The highest BCUT2D eigenvalue weighted by Gasteiger charge is 2.47. The number of rotatable bonds is 4. The fourth-order valence-corrected chi connectivity index (χ4v) is 3.89. The van der Waals surface area contributed by atoms with E-state index >= 15 is 0 Å². The van der Waals surface area contributed by atoms with Crippen LogP contribution < -0.4 is 5.56 Å². The van der Waals surface area contributed by atoms with Crippen molar-refractivity contribution in [3.05, 3.63) is 57.1 Å². The number of esters is 1. The Bertz CT molecular complexity index is 1050. The maximum absolute atomic E-state index is 12.4. The summed E-state index contributed by atoms with van der Waals surface area (Å²) in [6.07, 6.45) is 6.40. The molecular formula is C19H16BrN3O5. The van der Waals surface area contributed by atoms with Crippen LogP contribution in [0.4, 0.5) is 0 Å². The Balaban J connectivity index is 1.42. The van der Waals surface area contributed by atoms with Gasteiger partial charge < -0.3 is 4.74 Å². The minimum absolute atomic E-state index is 0.217. The van der Waals surface area contributed by atoms with Crippen LogP contribution in [0.3, 0.4) is 0 Å². The van der Waals surface area contributed by atoms with Gasteiger partial charge >= 0.3 is 5.97 Å². The lowest BCUT2D eigenvalue weighted by Crippen LogP contribution is -2.36. The highest BCUT2D eigenvalue weighted by atomic mass is 79.9. The van der Waals surface area contributed by atoms with Crippen LogP contribution >= 0.6 is 15.9 Å². The number of ether oxygens (including phenoxy) is 1. The molecule has 2 atom stereocenters. The van der Waals surface area contributed by atoms with Crippen molar-refractivity contribution in [3.8, 4) is 0 Å². The first-order chi connectivity index (χ1) is 13.4. The molecule has 1 saturated heterocycles. The monoisotopic (exact) mass is 445 g/mol. The lowest BCUT2D eigenvalue weighted by Gasteiger charge is -2.14. The molecule has 8 nitrogen and oxygen atoms in total. The quantitative estimate of drug-likeness (QED) is 0.401. The molecule has 0 spiro atoms. The van der Waals surface area contributed by atoms with Gasteiger partial charge in [-0.2, -0.15) is 0 Å². The Labute approximate surface area is 167 Å². The van der Waals surface area contributed by atoms with Crippen LogP contribution in [-0.2, 0) is 25.7 Å². The zero-order valence-corrected chi connectivity index (χ0v) is 16.3. The molecule has 0 aromatic carbocycles. The Morgan fingerprint density at radius 3 is 2.50 bits per heavy atom. The first-order valence-corrected chi connectivity index (χ1v) is 9.57. The lowest BCUT2D eigenvalue weighted by molar-refractivity contribution is -0.153. The zero-order valence-electron chi connectivity index (χ0n) is 14.7. The number of allylic oxidation sites excluding steroid dienone is 2. The number of amides is 2. The minimum atomic E-state index is -0.717. The Morgan fingerprint density at radius 1 is 1.14 bits per heavy atom. The van der Waals surface area contributed by atoms with Crippen molar-refractivity contribution in [3.63, 3.8) is 0 Å². The fourth-order valence-electron chi connectivity index (χ4n) is 3.55. The van der Waals surface area contributed by atoms with Gasteiger partial charge in [0.15, 0.2) is 0 Å². The third-order valence-electron chi connectivity index (χ3n) is 4.94. The molecule has 0 unspecified atom stereocenters. The second kappa shape index (κ2) is 7.31. The van der Waals surface area contributed by atoms with Gasteiger partial charge in [-0.25, -0.2) is 4.98 Å². The van der Waals surface area contributed by atoms with Crippen LogP contribution in [-0.4, -0.2) is 38.6 Å². The minimum Gasteiger partial charge on any atom is -0.458 e. The van der Waals surface area contributed by atoms with Crippen LogP contribution in [0.25, 0.3) is 5.65 Å². The lowest BCUT2D eigenvalue weighted by atomic mass is 9.85. The highest BCUT2D eigenvalue weighted by molar-refractivity contribution is 9.10. The molecular weight excluding hydrogens is 430 g/mol. The second-order valence-electron chi connectivity index (χ2n) is 6.74. The van der Waals surface area contributed by atoms with E-state index in [1.54, 1.807) is 18.3 Å². The van der Waals surface area contributed by atoms with Gasteiger partial charge in [0, 0.05) is 16.7 Å². The molecule has 1 aliphatic heterocycles. The fraction of sp³-hybridized carbons (Fsp3) is 0.316. The maximum atomic E-state index is 12.4. The van der Waals surface area contributed by atoms with Gasteiger partial charge in [0.25, 0.3) is 5.56 Å². The molecule has 0 N–H and O–H groups in total. The van der Waals surface area contributed by atoms with Crippen molar-refractivity contribution in [2.24, 2.45) is 11.8 Å². The molecule has 2 amide bonds. The summed E-state index contributed by atoms with van der Waals surface area (Å²) in [5.41, 5.74) is 0.402. The number of fused-ring (bicyclic) bond motifs is 2. The largest absolute Gasteiger partial charge is 0.458 e. The second-order valence-corrected chi connectivity index (χ2v) is 7.66. The number of carbonyl (C=O) groups is 3. The van der Waals surface area contributed by atoms with E-state index in [0.29, 0.717) is 18.5 Å². The molecule has 4 rings (SSSR count). The number of carbonyl (C=O) groups excluding carboxylic acids is 3. The van der Waals surface area contributed by atoms with E-state index in [1.165, 1.54) is 10.5 Å². The summed E-state index contributed by atoms with van der Waals surface area (Å²) < 4.78 is 7.25. The summed E-state index contributed by atoms with van der Waals surface area (Å²) in [4.78, 5) is 54.3. The van der Waals surface area contributed by atoms with Crippen molar-refractivity contribution in [1.29, 1.82) is 0 Å². The van der Waals surface area contributed by atoms with E-state index in [1.807, 2.05) is 12.2 Å². The summed E-state index contributed by atoms with van der Waals surface area (Å²) in [7, 11) is 0. The maximum Gasteiger partial charge on any atom is 0.326 e. The molecule has 3 heterocycles. The average molecular weight is 446 g/mol. The summed E-state index contributed by atoms with van der Waals surface area (Å²) in [6, 6.07) is 4.68. The van der Waals surface area contributed by atoms with Gasteiger partial charge in [-0.1, -0.05) is 12.2 Å². The summed E-state index contributed by atoms with van der Waals surface area (Å²) in [5.74, 6) is -2.14. The van der Waals surface area contributed by atoms with Gasteiger partial charge in [0.2, 0.25) is 11.8 Å². The number of imide groups is 1. The predicted molar refractivity (Wildman–Crippen MR) is 101 cm³/mol. The zero-order chi connectivity index (χ0) is 19.8. The van der Waals surface area contributed by atoms with E-state index < -0.39 is 12.5 Å². The third-order valence-corrected chi connectivity index (χ3v) is 5.41. The van der Waals surface area contributed by atoms with E-state index in [9.17, 15) is 19.2 Å². The van der Waals surface area contributed by atoms with Crippen molar-refractivity contribution in [2.75, 3.05) is 6.54 Å². The first kappa shape index (κ1) is 18.5. The van der Waals surface area contributed by atoms with Crippen LogP contribution in [0.2, 0.25) is 0 Å². The first-order valence-electron chi connectivity index (χ1n) is 8.78. The number of likely N-dealkylation sites (tertiary alicyclic amines) is 1. The number of pyridine rings is 1. The SMILES string of the molecule is O=C(CN1C(=O)[C@@H]2CC=CC[C@H]2C1=O)OCc1cc(=O)n2cc(Br)ccc2n1. The number of halogens is 1. The molecule has 2 aromatic heterocycles. The van der Waals surface area contributed by atoms with Gasteiger partial charge in [-0.05, 0) is 40.9 Å². The van der Waals surface area contributed by atoms with E-state index in [-0.39, 0.29) is 41.5 Å². The molecule has 2 aromatic rings. The molecule has 28 heavy (non-hydrogen) atoms. The van der Waals surface area contributed by atoms with Crippen LogP contribution in [0.1, 0.15) is 18.5 Å². The molecule has 9 heteroatoms. The van der Waals surface area contributed by atoms with Crippen molar-refractivity contribution in [2.45, 2.75) is 19.4 Å². The molecule has 0 radical (unpaired) electrons. The number of hydrogen-bond acceptors (Lipinski definition) is 6. The van der Waals surface area contributed by atoms with Gasteiger partial charge in [-0.3, -0.25) is 28.5 Å². The smallest absolute Gasteiger partial charge is 0.326 e. The van der Waals surface area contributed by atoms with Gasteiger partial charge in [0.05, 0.1) is 17.5 Å². The van der Waals surface area contributed by atoms with Gasteiger partial charge in [-0.15, -0.1) is 0 Å². The molecule has 144 valence electrons. The highest BCUT2D eigenvalue weighted by Crippen LogP contribution is 2.34. The number of aromatic nitrogens is 2. The normalized spacial score (nSPS) is 21.2. The topological polar surface area (TPSA) is 98.0 Å². The van der Waals surface area contributed by atoms with Crippen molar-refractivity contribution >= 4 is 39.4 Å².